The number of methoxy groups -OCH3 is 1. The maximum absolute atomic E-state index is 12.0. The lowest BCUT2D eigenvalue weighted by molar-refractivity contribution is 0.0601. The first-order chi connectivity index (χ1) is 14.8. The molecule has 166 valence electrons. The van der Waals surface area contributed by atoms with Crippen molar-refractivity contribution < 1.29 is 14.1 Å². The quantitative estimate of drug-likeness (QED) is 0.624. The molecule has 1 N–H and O–H groups in total. The summed E-state index contributed by atoms with van der Waals surface area (Å²) in [6, 6.07) is 1.68. The molecular weight excluding hydrogens is 392 g/mol. The highest BCUT2D eigenvalue weighted by molar-refractivity contribution is 5.95. The Morgan fingerprint density at radius 3 is 2.84 bits per heavy atom. The van der Waals surface area contributed by atoms with Crippen molar-refractivity contribution in [2.24, 2.45) is 5.92 Å². The van der Waals surface area contributed by atoms with Crippen LogP contribution >= 0.6 is 0 Å². The average molecular weight is 425 g/mol. The van der Waals surface area contributed by atoms with E-state index in [-0.39, 0.29) is 5.97 Å². The first-order valence-corrected chi connectivity index (χ1v) is 10.6. The van der Waals surface area contributed by atoms with Crippen LogP contribution in [0.3, 0.4) is 0 Å². The number of rotatable bonds is 7. The largest absolute Gasteiger partial charge is 0.465 e. The van der Waals surface area contributed by atoms with E-state index in [2.05, 4.69) is 40.3 Å². The van der Waals surface area contributed by atoms with Crippen molar-refractivity contribution in [3.63, 3.8) is 0 Å². The third-order valence-corrected chi connectivity index (χ3v) is 6.13. The third-order valence-electron chi connectivity index (χ3n) is 6.13. The molecule has 0 bridgehead atoms. The van der Waals surface area contributed by atoms with Crippen molar-refractivity contribution in [1.29, 1.82) is 0 Å². The van der Waals surface area contributed by atoms with Gasteiger partial charge in [-0.3, -0.25) is 4.98 Å². The van der Waals surface area contributed by atoms with E-state index in [4.69, 9.17) is 9.26 Å². The summed E-state index contributed by atoms with van der Waals surface area (Å²) >= 11 is 0. The molecule has 0 aromatic carbocycles. The normalized spacial score (nSPS) is 17.0. The number of pyridine rings is 1. The van der Waals surface area contributed by atoms with Crippen LogP contribution in [0.4, 0.5) is 11.4 Å². The summed E-state index contributed by atoms with van der Waals surface area (Å²) in [5, 5.41) is 7.48. The minimum absolute atomic E-state index is 0.359. The Morgan fingerprint density at radius 1 is 1.39 bits per heavy atom. The van der Waals surface area contributed by atoms with E-state index in [9.17, 15) is 4.79 Å². The smallest absolute Gasteiger partial charge is 0.340 e. The predicted octanol–water partition coefficient (Wildman–Crippen LogP) is 5.04. The Balaban J connectivity index is 1.76. The van der Waals surface area contributed by atoms with Gasteiger partial charge in [-0.25, -0.2) is 4.79 Å². The average Bonchev–Trinajstić information content (AvgIpc) is 3.11. The van der Waals surface area contributed by atoms with Gasteiger partial charge in [-0.05, 0) is 70.6 Å². The maximum Gasteiger partial charge on any atom is 0.340 e. The number of hydrogen-bond donors (Lipinski definition) is 1. The fourth-order valence-electron chi connectivity index (χ4n) is 4.19. The number of allylic oxidation sites excluding steroid dienone is 3. The van der Waals surface area contributed by atoms with Crippen LogP contribution in [0.2, 0.25) is 0 Å². The van der Waals surface area contributed by atoms with Crippen molar-refractivity contribution in [1.82, 2.24) is 10.1 Å². The van der Waals surface area contributed by atoms with Gasteiger partial charge in [-0.2, -0.15) is 0 Å². The van der Waals surface area contributed by atoms with Crippen LogP contribution in [0.1, 0.15) is 54.9 Å². The van der Waals surface area contributed by atoms with Gasteiger partial charge < -0.3 is 19.5 Å². The minimum Gasteiger partial charge on any atom is -0.465 e. The molecule has 3 rings (SSSR count). The summed E-state index contributed by atoms with van der Waals surface area (Å²) in [6.07, 6.45) is 8.87. The molecule has 0 aliphatic heterocycles. The summed E-state index contributed by atoms with van der Waals surface area (Å²) in [4.78, 5) is 18.3. The Labute approximate surface area is 184 Å². The van der Waals surface area contributed by atoms with Crippen LogP contribution in [0.15, 0.2) is 45.9 Å². The highest BCUT2D eigenvalue weighted by atomic mass is 16.5. The maximum atomic E-state index is 12.0. The van der Waals surface area contributed by atoms with E-state index in [1.165, 1.54) is 18.3 Å². The molecule has 2 aromatic heterocycles. The second-order valence-electron chi connectivity index (χ2n) is 8.11. The summed E-state index contributed by atoms with van der Waals surface area (Å²) in [5.74, 6) is 0.854. The lowest BCUT2D eigenvalue weighted by atomic mass is 9.83. The molecular formula is C24H32N4O3. The lowest BCUT2D eigenvalue weighted by Gasteiger charge is -2.28. The molecule has 7 heteroatoms. The zero-order valence-corrected chi connectivity index (χ0v) is 19.3. The number of carbonyl (C=O) groups excluding carboxylic acids is 1. The van der Waals surface area contributed by atoms with Crippen LogP contribution in [-0.2, 0) is 4.74 Å². The van der Waals surface area contributed by atoms with Gasteiger partial charge in [0.05, 0.1) is 24.6 Å². The topological polar surface area (TPSA) is 80.5 Å². The highest BCUT2D eigenvalue weighted by Crippen LogP contribution is 2.33. The number of nitrogens with zero attached hydrogens (tertiary/aromatic N) is 3. The van der Waals surface area contributed by atoms with E-state index in [0.29, 0.717) is 17.2 Å². The third kappa shape index (κ3) is 4.98. The molecule has 2 aromatic rings. The molecule has 1 aliphatic carbocycles. The zero-order chi connectivity index (χ0) is 22.5. The first kappa shape index (κ1) is 22.6. The van der Waals surface area contributed by atoms with Gasteiger partial charge in [0.1, 0.15) is 11.4 Å². The van der Waals surface area contributed by atoms with Gasteiger partial charge in [-0.1, -0.05) is 10.7 Å². The van der Waals surface area contributed by atoms with Crippen LogP contribution in [-0.4, -0.2) is 36.8 Å². The number of ether oxygens (including phenoxy) is 1. The number of aromatic nitrogens is 2. The Morgan fingerprint density at radius 2 is 2.16 bits per heavy atom. The van der Waals surface area contributed by atoms with Crippen LogP contribution in [0.25, 0.3) is 0 Å². The molecule has 1 aliphatic rings. The molecule has 31 heavy (non-hydrogen) atoms. The summed E-state index contributed by atoms with van der Waals surface area (Å²) in [6.45, 7) is 8.98. The predicted molar refractivity (Wildman–Crippen MR) is 122 cm³/mol. The van der Waals surface area contributed by atoms with E-state index in [1.807, 2.05) is 20.9 Å². The standard InChI is InChI=1S/C24H32N4O3/c1-15(28(5)23-17(3)27-31-18(23)4)12-19-8-7-9-20(16(19)2)13-26-22-14-25-11-10-21(22)24(29)30-6/h10-12,14,20,26H,7-9,13H2,1-6H3/b15-12+/t20-/m0/s1. The lowest BCUT2D eigenvalue weighted by Crippen LogP contribution is -2.21. The fraction of sp³-hybridized carbons (Fsp3) is 0.458. The number of anilines is 2. The van der Waals surface area contributed by atoms with Gasteiger partial charge in [0.25, 0.3) is 0 Å². The molecule has 0 spiro atoms. The van der Waals surface area contributed by atoms with Crippen molar-refractivity contribution >= 4 is 17.3 Å². The number of aryl methyl sites for hydroxylation is 2. The molecule has 0 saturated carbocycles. The molecule has 0 fully saturated rings. The SMILES string of the molecule is COC(=O)c1ccncc1NC[C@@H]1CCCC(/C=C(\C)N(C)c2c(C)noc2C)=C1C. The first-order valence-electron chi connectivity index (χ1n) is 10.6. The van der Waals surface area contributed by atoms with E-state index >= 15 is 0 Å². The van der Waals surface area contributed by atoms with Gasteiger partial charge >= 0.3 is 5.97 Å². The van der Waals surface area contributed by atoms with E-state index < -0.39 is 0 Å². The second kappa shape index (κ2) is 9.81. The fourth-order valence-corrected chi connectivity index (χ4v) is 4.19. The monoisotopic (exact) mass is 424 g/mol. The van der Waals surface area contributed by atoms with Crippen LogP contribution in [0.5, 0.6) is 0 Å². The second-order valence-corrected chi connectivity index (χ2v) is 8.11. The summed E-state index contributed by atoms with van der Waals surface area (Å²) in [5.41, 5.74) is 7.03. The van der Waals surface area contributed by atoms with Crippen LogP contribution < -0.4 is 10.2 Å². The van der Waals surface area contributed by atoms with Gasteiger partial charge in [0.2, 0.25) is 0 Å². The molecule has 0 saturated heterocycles. The molecule has 2 heterocycles. The molecule has 0 amide bonds. The van der Waals surface area contributed by atoms with Gasteiger partial charge in [0.15, 0.2) is 5.76 Å². The van der Waals surface area contributed by atoms with Crippen LogP contribution in [0, 0.1) is 19.8 Å². The number of esters is 1. The number of hydrogen-bond acceptors (Lipinski definition) is 7. The van der Waals surface area contributed by atoms with Crippen molar-refractivity contribution in [3.05, 3.63) is 58.4 Å². The zero-order valence-electron chi connectivity index (χ0n) is 19.3. The van der Waals surface area contributed by atoms with E-state index in [1.54, 1.807) is 18.5 Å². The Bertz CT molecular complexity index is 987. The molecule has 1 atom stereocenters. The van der Waals surface area contributed by atoms with Gasteiger partial charge in [0, 0.05) is 25.5 Å². The van der Waals surface area contributed by atoms with Crippen molar-refractivity contribution in [3.8, 4) is 0 Å². The van der Waals surface area contributed by atoms with E-state index in [0.717, 1.165) is 48.6 Å². The van der Waals surface area contributed by atoms with Crippen molar-refractivity contribution in [2.75, 3.05) is 30.9 Å². The molecule has 7 nitrogen and oxygen atoms in total. The molecule has 0 unspecified atom stereocenters. The Hall–Kier alpha value is -3.09. The minimum atomic E-state index is -0.359. The summed E-state index contributed by atoms with van der Waals surface area (Å²) in [7, 11) is 3.44. The number of carbonyl (C=O) groups is 1. The van der Waals surface area contributed by atoms with Gasteiger partial charge in [-0.15, -0.1) is 0 Å². The van der Waals surface area contributed by atoms with Crippen molar-refractivity contribution in [2.45, 2.75) is 47.0 Å². The highest BCUT2D eigenvalue weighted by Gasteiger charge is 2.21. The Kier molecular flexibility index (Phi) is 7.15. The number of nitrogens with one attached hydrogen (secondary N) is 1. The summed E-state index contributed by atoms with van der Waals surface area (Å²) < 4.78 is 10.2. The molecule has 0 radical (unpaired) electrons.